The molecule has 18 heavy (non-hydrogen) atoms. The molecule has 0 aromatic heterocycles. The number of hydrogen-bond acceptors (Lipinski definition) is 3. The maximum Gasteiger partial charge on any atom is 0.312 e. The van der Waals surface area contributed by atoms with Crippen molar-refractivity contribution in [3.63, 3.8) is 0 Å². The average Bonchev–Trinajstić information content (AvgIpc) is 2.81. The van der Waals surface area contributed by atoms with Crippen molar-refractivity contribution >= 4 is 17.6 Å². The van der Waals surface area contributed by atoms with Crippen LogP contribution in [0.4, 0.5) is 10.5 Å². The molecule has 6 heteroatoms. The molecule has 0 radical (unpaired) electrons. The number of nitrogens with two attached hydrogens (primary N) is 1. The fourth-order valence-corrected chi connectivity index (χ4v) is 1.91. The lowest BCUT2D eigenvalue weighted by atomic mass is 10.1. The molecule has 6 nitrogen and oxygen atoms in total. The van der Waals surface area contributed by atoms with Gasteiger partial charge in [0.25, 0.3) is 5.91 Å². The Morgan fingerprint density at radius 3 is 2.83 bits per heavy atom. The van der Waals surface area contributed by atoms with Gasteiger partial charge in [0, 0.05) is 30.9 Å². The van der Waals surface area contributed by atoms with Gasteiger partial charge in [0.05, 0.1) is 0 Å². The smallest absolute Gasteiger partial charge is 0.312 e. The lowest BCUT2D eigenvalue weighted by Gasteiger charge is -2.07. The van der Waals surface area contributed by atoms with Crippen LogP contribution in [0.3, 0.4) is 0 Å². The van der Waals surface area contributed by atoms with Crippen LogP contribution in [0.1, 0.15) is 15.9 Å². The fourth-order valence-electron chi connectivity index (χ4n) is 1.91. The molecule has 0 spiro atoms. The number of fused-ring (bicyclic) bond motifs is 1. The van der Waals surface area contributed by atoms with Crippen molar-refractivity contribution in [2.24, 2.45) is 5.73 Å². The molecule has 1 heterocycles. The molecular weight excluding hydrogens is 232 g/mol. The molecule has 1 aromatic carbocycles. The van der Waals surface area contributed by atoms with Crippen molar-refractivity contribution in [1.82, 2.24) is 10.6 Å². The van der Waals surface area contributed by atoms with E-state index in [1.807, 2.05) is 12.1 Å². The van der Waals surface area contributed by atoms with Gasteiger partial charge in [0.2, 0.25) is 0 Å². The summed E-state index contributed by atoms with van der Waals surface area (Å²) < 4.78 is 0. The Morgan fingerprint density at radius 1 is 1.28 bits per heavy atom. The Morgan fingerprint density at radius 2 is 2.06 bits per heavy atom. The van der Waals surface area contributed by atoms with E-state index >= 15 is 0 Å². The van der Waals surface area contributed by atoms with Crippen LogP contribution >= 0.6 is 0 Å². The molecule has 0 aliphatic carbocycles. The molecule has 0 saturated heterocycles. The summed E-state index contributed by atoms with van der Waals surface area (Å²) in [5.41, 5.74) is 7.81. The third-order valence-electron chi connectivity index (χ3n) is 2.79. The van der Waals surface area contributed by atoms with Gasteiger partial charge in [-0.25, -0.2) is 4.79 Å². The van der Waals surface area contributed by atoms with Gasteiger partial charge in [-0.15, -0.1) is 0 Å². The van der Waals surface area contributed by atoms with E-state index in [0.29, 0.717) is 18.7 Å². The molecule has 1 aliphatic rings. The van der Waals surface area contributed by atoms with Crippen LogP contribution < -0.4 is 21.7 Å². The van der Waals surface area contributed by atoms with Crippen LogP contribution in [0.15, 0.2) is 18.2 Å². The van der Waals surface area contributed by atoms with Gasteiger partial charge in [0.1, 0.15) is 0 Å². The Hall–Kier alpha value is -2.24. The third kappa shape index (κ3) is 2.91. The molecule has 3 amide bonds. The highest BCUT2D eigenvalue weighted by Crippen LogP contribution is 2.22. The molecule has 2 rings (SSSR count). The van der Waals surface area contributed by atoms with E-state index in [0.717, 1.165) is 24.2 Å². The SMILES string of the molecule is NC(=O)NCCNC(=O)c1ccc2c(c1)CCN2. The Kier molecular flexibility index (Phi) is 3.66. The Balaban J connectivity index is 1.87. The van der Waals surface area contributed by atoms with Gasteiger partial charge in [-0.2, -0.15) is 0 Å². The molecule has 5 N–H and O–H groups in total. The summed E-state index contributed by atoms with van der Waals surface area (Å²) in [6.45, 7) is 1.60. The summed E-state index contributed by atoms with van der Waals surface area (Å²) in [4.78, 5) is 22.2. The summed E-state index contributed by atoms with van der Waals surface area (Å²) in [5.74, 6) is -0.143. The van der Waals surface area contributed by atoms with Crippen molar-refractivity contribution in [1.29, 1.82) is 0 Å². The molecule has 0 atom stereocenters. The third-order valence-corrected chi connectivity index (χ3v) is 2.79. The van der Waals surface area contributed by atoms with Crippen molar-refractivity contribution in [3.05, 3.63) is 29.3 Å². The van der Waals surface area contributed by atoms with Crippen LogP contribution in [0.2, 0.25) is 0 Å². The van der Waals surface area contributed by atoms with Crippen LogP contribution in [-0.2, 0) is 6.42 Å². The highest BCUT2D eigenvalue weighted by atomic mass is 16.2. The first-order chi connectivity index (χ1) is 8.66. The number of rotatable bonds is 4. The van der Waals surface area contributed by atoms with E-state index < -0.39 is 6.03 Å². The first kappa shape index (κ1) is 12.2. The van der Waals surface area contributed by atoms with Gasteiger partial charge in [-0.1, -0.05) is 0 Å². The average molecular weight is 248 g/mol. The predicted octanol–water partition coefficient (Wildman–Crippen LogP) is 0.0527. The monoisotopic (exact) mass is 248 g/mol. The van der Waals surface area contributed by atoms with Crippen molar-refractivity contribution < 1.29 is 9.59 Å². The first-order valence-corrected chi connectivity index (χ1v) is 5.85. The van der Waals surface area contributed by atoms with E-state index in [9.17, 15) is 9.59 Å². The lowest BCUT2D eigenvalue weighted by Crippen LogP contribution is -2.37. The number of carbonyl (C=O) groups excluding carboxylic acids is 2. The maximum atomic E-state index is 11.8. The quantitative estimate of drug-likeness (QED) is 0.567. The predicted molar refractivity (Wildman–Crippen MR) is 68.6 cm³/mol. The number of primary amides is 1. The number of anilines is 1. The van der Waals surface area contributed by atoms with E-state index in [1.165, 1.54) is 0 Å². The normalized spacial score (nSPS) is 12.4. The van der Waals surface area contributed by atoms with Gasteiger partial charge in [0.15, 0.2) is 0 Å². The number of nitrogens with one attached hydrogen (secondary N) is 3. The van der Waals surface area contributed by atoms with Gasteiger partial charge in [-0.05, 0) is 30.2 Å². The van der Waals surface area contributed by atoms with Gasteiger partial charge in [-0.3, -0.25) is 4.79 Å². The highest BCUT2D eigenvalue weighted by Gasteiger charge is 2.12. The van der Waals surface area contributed by atoms with Crippen molar-refractivity contribution in [3.8, 4) is 0 Å². The molecule has 0 bridgehead atoms. The summed E-state index contributed by atoms with van der Waals surface area (Å²) in [6, 6.07) is 5.01. The van der Waals surface area contributed by atoms with Crippen LogP contribution in [0, 0.1) is 0 Å². The second-order valence-corrected chi connectivity index (χ2v) is 4.10. The number of urea groups is 1. The molecule has 0 saturated carbocycles. The lowest BCUT2D eigenvalue weighted by molar-refractivity contribution is 0.0954. The zero-order valence-corrected chi connectivity index (χ0v) is 9.95. The maximum absolute atomic E-state index is 11.8. The molecular formula is C12H16N4O2. The van der Waals surface area contributed by atoms with Crippen LogP contribution in [-0.4, -0.2) is 31.6 Å². The van der Waals surface area contributed by atoms with E-state index in [-0.39, 0.29) is 5.91 Å². The first-order valence-electron chi connectivity index (χ1n) is 5.85. The fraction of sp³-hybridized carbons (Fsp3) is 0.333. The molecule has 0 unspecified atom stereocenters. The minimum Gasteiger partial charge on any atom is -0.384 e. The largest absolute Gasteiger partial charge is 0.384 e. The van der Waals surface area contributed by atoms with Crippen LogP contribution in [0.5, 0.6) is 0 Å². The van der Waals surface area contributed by atoms with Gasteiger partial charge >= 0.3 is 6.03 Å². The Bertz CT molecular complexity index is 473. The summed E-state index contributed by atoms with van der Waals surface area (Å²) in [7, 11) is 0. The number of benzene rings is 1. The van der Waals surface area contributed by atoms with E-state index in [2.05, 4.69) is 16.0 Å². The summed E-state index contributed by atoms with van der Waals surface area (Å²) in [5, 5.41) is 8.36. The molecule has 1 aromatic rings. The molecule has 1 aliphatic heterocycles. The second-order valence-electron chi connectivity index (χ2n) is 4.10. The zero-order chi connectivity index (χ0) is 13.0. The number of carbonyl (C=O) groups is 2. The number of hydrogen-bond donors (Lipinski definition) is 4. The zero-order valence-electron chi connectivity index (χ0n) is 9.95. The highest BCUT2D eigenvalue weighted by molar-refractivity contribution is 5.95. The van der Waals surface area contributed by atoms with Crippen molar-refractivity contribution in [2.75, 3.05) is 25.0 Å². The molecule has 0 fully saturated rings. The minimum absolute atomic E-state index is 0.143. The standard InChI is InChI=1S/C12H16N4O2/c13-12(18)16-6-5-15-11(17)9-1-2-10-8(7-9)3-4-14-10/h1-2,7,14H,3-6H2,(H,15,17)(H3,13,16,18). The Labute approximate surface area is 105 Å². The minimum atomic E-state index is -0.590. The van der Waals surface area contributed by atoms with Gasteiger partial charge < -0.3 is 21.7 Å². The second kappa shape index (κ2) is 5.39. The van der Waals surface area contributed by atoms with Crippen LogP contribution in [0.25, 0.3) is 0 Å². The summed E-state index contributed by atoms with van der Waals surface area (Å²) in [6.07, 6.45) is 0.944. The molecule has 96 valence electrons. The summed E-state index contributed by atoms with van der Waals surface area (Å²) >= 11 is 0. The van der Waals surface area contributed by atoms with E-state index in [1.54, 1.807) is 6.07 Å². The number of amides is 3. The van der Waals surface area contributed by atoms with E-state index in [4.69, 9.17) is 5.73 Å². The van der Waals surface area contributed by atoms with Crippen molar-refractivity contribution in [2.45, 2.75) is 6.42 Å². The topological polar surface area (TPSA) is 96.2 Å².